The van der Waals surface area contributed by atoms with Crippen LogP contribution in [0.5, 0.6) is 0 Å². The maximum absolute atomic E-state index is 3.55. The van der Waals surface area contributed by atoms with Gasteiger partial charge >= 0.3 is 0 Å². The van der Waals surface area contributed by atoms with Crippen LogP contribution in [0.15, 0.2) is 12.7 Å². The molecule has 0 bridgehead atoms. The quantitative estimate of drug-likeness (QED) is 0.330. The number of rotatable bonds is 1. The van der Waals surface area contributed by atoms with E-state index >= 15 is 0 Å². The molecule has 1 atom stereocenters. The van der Waals surface area contributed by atoms with Crippen LogP contribution in [0, 0.1) is 0 Å². The first-order valence-electron chi connectivity index (χ1n) is 1.54. The SMILES string of the molecule is C=C[C@H](C)I. The summed E-state index contributed by atoms with van der Waals surface area (Å²) in [4.78, 5) is 0. The Morgan fingerprint density at radius 3 is 2.20 bits per heavy atom. The van der Waals surface area contributed by atoms with Crippen LogP contribution in [0.1, 0.15) is 6.92 Å². The molecule has 0 heterocycles. The maximum Gasteiger partial charge on any atom is 0.0258 e. The summed E-state index contributed by atoms with van der Waals surface area (Å²) in [5, 5.41) is 0. The van der Waals surface area contributed by atoms with Gasteiger partial charge in [0.05, 0.1) is 0 Å². The summed E-state index contributed by atoms with van der Waals surface area (Å²) in [5.74, 6) is 0. The molecule has 0 aliphatic carbocycles. The minimum atomic E-state index is 0.618. The zero-order chi connectivity index (χ0) is 4.28. The molecular weight excluding hydrogens is 175 g/mol. The molecule has 0 amide bonds. The van der Waals surface area contributed by atoms with Gasteiger partial charge in [0.15, 0.2) is 0 Å². The number of alkyl halides is 1. The van der Waals surface area contributed by atoms with Crippen LogP contribution in [0.25, 0.3) is 0 Å². The van der Waals surface area contributed by atoms with Gasteiger partial charge in [-0.2, -0.15) is 0 Å². The third-order valence-corrected chi connectivity index (χ3v) is 0.833. The van der Waals surface area contributed by atoms with E-state index in [0.717, 1.165) is 0 Å². The summed E-state index contributed by atoms with van der Waals surface area (Å²) in [6.45, 7) is 5.64. The highest BCUT2D eigenvalue weighted by molar-refractivity contribution is 14.1. The van der Waals surface area contributed by atoms with Crippen molar-refractivity contribution in [3.8, 4) is 0 Å². The summed E-state index contributed by atoms with van der Waals surface area (Å²) < 4.78 is 0.618. The zero-order valence-electron chi connectivity index (χ0n) is 3.24. The first-order valence-corrected chi connectivity index (χ1v) is 2.78. The molecule has 0 nitrogen and oxygen atoms in total. The fourth-order valence-electron chi connectivity index (χ4n) is 0. The molecule has 0 aromatic rings. The van der Waals surface area contributed by atoms with Crippen LogP contribution in [-0.4, -0.2) is 3.92 Å². The molecule has 0 saturated carbocycles. The van der Waals surface area contributed by atoms with Gasteiger partial charge < -0.3 is 0 Å². The molecule has 0 fully saturated rings. The summed E-state index contributed by atoms with van der Waals surface area (Å²) in [7, 11) is 0. The number of halogens is 1. The Morgan fingerprint density at radius 1 is 2.00 bits per heavy atom. The molecule has 0 N–H and O–H groups in total. The third kappa shape index (κ3) is 4.47. The van der Waals surface area contributed by atoms with E-state index in [4.69, 9.17) is 0 Å². The first kappa shape index (κ1) is 5.47. The predicted molar refractivity (Wildman–Crippen MR) is 33.7 cm³/mol. The summed E-state index contributed by atoms with van der Waals surface area (Å²) in [6.07, 6.45) is 1.90. The van der Waals surface area contributed by atoms with Gasteiger partial charge in [0, 0.05) is 3.92 Å². The van der Waals surface area contributed by atoms with E-state index in [-0.39, 0.29) is 0 Å². The first-order chi connectivity index (χ1) is 2.27. The highest BCUT2D eigenvalue weighted by atomic mass is 127. The summed E-state index contributed by atoms with van der Waals surface area (Å²) in [5.41, 5.74) is 0. The summed E-state index contributed by atoms with van der Waals surface area (Å²) >= 11 is 2.29. The van der Waals surface area contributed by atoms with Crippen molar-refractivity contribution in [1.82, 2.24) is 0 Å². The van der Waals surface area contributed by atoms with E-state index in [1.54, 1.807) is 0 Å². The molecule has 0 saturated heterocycles. The zero-order valence-corrected chi connectivity index (χ0v) is 5.40. The van der Waals surface area contributed by atoms with Gasteiger partial charge in [-0.25, -0.2) is 0 Å². The van der Waals surface area contributed by atoms with Crippen molar-refractivity contribution >= 4 is 22.6 Å². The van der Waals surface area contributed by atoms with Crippen LogP contribution in [0.4, 0.5) is 0 Å². The largest absolute Gasteiger partial charge is 0.102 e. The lowest BCUT2D eigenvalue weighted by atomic mass is 10.5. The molecule has 0 radical (unpaired) electrons. The molecule has 0 aliphatic heterocycles. The molecule has 0 aliphatic rings. The van der Waals surface area contributed by atoms with Crippen molar-refractivity contribution in [3.63, 3.8) is 0 Å². The topological polar surface area (TPSA) is 0 Å². The van der Waals surface area contributed by atoms with Crippen molar-refractivity contribution in [2.24, 2.45) is 0 Å². The van der Waals surface area contributed by atoms with E-state index < -0.39 is 0 Å². The minimum absolute atomic E-state index is 0.618. The van der Waals surface area contributed by atoms with Crippen molar-refractivity contribution in [1.29, 1.82) is 0 Å². The smallest absolute Gasteiger partial charge is 0.0258 e. The monoisotopic (exact) mass is 182 g/mol. The normalized spacial score (nSPS) is 14.0. The van der Waals surface area contributed by atoms with Gasteiger partial charge in [0.1, 0.15) is 0 Å². The Balaban J connectivity index is 2.83. The Morgan fingerprint density at radius 2 is 2.20 bits per heavy atom. The Labute approximate surface area is 46.4 Å². The van der Waals surface area contributed by atoms with Gasteiger partial charge in [0.2, 0.25) is 0 Å². The highest BCUT2D eigenvalue weighted by Crippen LogP contribution is 1.95. The molecule has 0 rings (SSSR count). The van der Waals surface area contributed by atoms with E-state index in [2.05, 4.69) is 36.1 Å². The van der Waals surface area contributed by atoms with E-state index in [9.17, 15) is 0 Å². The number of allylic oxidation sites excluding steroid dienone is 1. The van der Waals surface area contributed by atoms with Gasteiger partial charge in [-0.1, -0.05) is 28.7 Å². The average molecular weight is 182 g/mol. The fourth-order valence-corrected chi connectivity index (χ4v) is 0. The molecule has 0 aromatic heterocycles. The fraction of sp³-hybridized carbons (Fsp3) is 0.500. The molecule has 0 aromatic carbocycles. The predicted octanol–water partition coefficient (Wildman–Crippen LogP) is 2.00. The second kappa shape index (κ2) is 2.69. The van der Waals surface area contributed by atoms with E-state index in [1.165, 1.54) is 0 Å². The van der Waals surface area contributed by atoms with Crippen molar-refractivity contribution in [2.45, 2.75) is 10.8 Å². The van der Waals surface area contributed by atoms with Gasteiger partial charge in [0.25, 0.3) is 0 Å². The van der Waals surface area contributed by atoms with Gasteiger partial charge in [-0.15, -0.1) is 6.58 Å². The van der Waals surface area contributed by atoms with E-state index in [1.807, 2.05) is 6.08 Å². The van der Waals surface area contributed by atoms with Crippen LogP contribution in [0.2, 0.25) is 0 Å². The van der Waals surface area contributed by atoms with Crippen molar-refractivity contribution < 1.29 is 0 Å². The number of hydrogen-bond acceptors (Lipinski definition) is 0. The maximum atomic E-state index is 3.55. The highest BCUT2D eigenvalue weighted by Gasteiger charge is 1.76. The molecule has 1 heteroatoms. The third-order valence-electron chi connectivity index (χ3n) is 0.325. The van der Waals surface area contributed by atoms with Crippen LogP contribution in [0.3, 0.4) is 0 Å². The molecule has 5 heavy (non-hydrogen) atoms. The molecule has 30 valence electrons. The van der Waals surface area contributed by atoms with Crippen molar-refractivity contribution in [2.75, 3.05) is 0 Å². The van der Waals surface area contributed by atoms with Crippen molar-refractivity contribution in [3.05, 3.63) is 12.7 Å². The molecular formula is C4H7I. The standard InChI is InChI=1S/C4H7I/c1-3-4(2)5/h3-4H,1H2,2H3/t4-/m0/s1. The molecule has 0 spiro atoms. The average Bonchev–Trinajstić information content (AvgIpc) is 1.38. The molecule has 0 unspecified atom stereocenters. The Bertz CT molecular complexity index is 30.6. The van der Waals surface area contributed by atoms with Crippen LogP contribution in [-0.2, 0) is 0 Å². The lowest BCUT2D eigenvalue weighted by molar-refractivity contribution is 1.31. The van der Waals surface area contributed by atoms with Crippen LogP contribution < -0.4 is 0 Å². The summed E-state index contributed by atoms with van der Waals surface area (Å²) in [6, 6.07) is 0. The lowest BCUT2D eigenvalue weighted by Gasteiger charge is -1.81. The van der Waals surface area contributed by atoms with Crippen LogP contribution >= 0.6 is 22.6 Å². The van der Waals surface area contributed by atoms with Gasteiger partial charge in [-0.05, 0) is 6.92 Å². The minimum Gasteiger partial charge on any atom is -0.102 e. The number of hydrogen-bond donors (Lipinski definition) is 0. The Hall–Kier alpha value is 0.470. The van der Waals surface area contributed by atoms with Gasteiger partial charge in [-0.3, -0.25) is 0 Å². The lowest BCUT2D eigenvalue weighted by Crippen LogP contribution is -1.73. The Kier molecular flexibility index (Phi) is 2.95. The second-order valence-electron chi connectivity index (χ2n) is 0.913. The second-order valence-corrected chi connectivity index (χ2v) is 2.88. The van der Waals surface area contributed by atoms with E-state index in [0.29, 0.717) is 3.92 Å².